The van der Waals surface area contributed by atoms with E-state index in [1.165, 1.54) is 0 Å². The van der Waals surface area contributed by atoms with Gasteiger partial charge in [-0.15, -0.1) is 0 Å². The third kappa shape index (κ3) is 3.60. The fourth-order valence-corrected chi connectivity index (χ4v) is 2.14. The first-order valence-electron chi connectivity index (χ1n) is 3.67. The van der Waals surface area contributed by atoms with Crippen LogP contribution in [0.2, 0.25) is 0 Å². The molecule has 7 nitrogen and oxygen atoms in total. The summed E-state index contributed by atoms with van der Waals surface area (Å²) < 4.78 is 63.6. The van der Waals surface area contributed by atoms with Gasteiger partial charge in [0.05, 0.1) is 9.79 Å². The molecule has 0 saturated heterocycles. The number of aldehydes is 1. The van der Waals surface area contributed by atoms with Crippen molar-refractivity contribution in [2.24, 2.45) is 0 Å². The molecule has 0 amide bonds. The zero-order chi connectivity index (χ0) is 12.6. The van der Waals surface area contributed by atoms with Gasteiger partial charge in [-0.25, -0.2) is 16.8 Å². The molecule has 0 spiro atoms. The largest absolute Gasteiger partial charge is 0.744 e. The molecule has 1 rings (SSSR count). The Kier molecular flexibility index (Phi) is 4.55. The summed E-state index contributed by atoms with van der Waals surface area (Å²) in [6.07, 6.45) is -0.0144. The molecule has 0 aliphatic heterocycles. The normalized spacial score (nSPS) is 11.6. The molecule has 0 radical (unpaired) electrons. The van der Waals surface area contributed by atoms with Crippen LogP contribution in [-0.4, -0.2) is 32.2 Å². The van der Waals surface area contributed by atoms with Crippen molar-refractivity contribution < 1.29 is 30.7 Å². The fraction of sp³-hybridized carbons (Fsp3) is 0.125. The highest BCUT2D eigenvalue weighted by molar-refractivity contribution is 7.86. The monoisotopic (exact) mass is 280 g/mol. The van der Waals surface area contributed by atoms with Gasteiger partial charge in [0.15, 0.2) is 6.29 Å². The molecular weight excluding hydrogens is 272 g/mol. The molecule has 1 aromatic rings. The summed E-state index contributed by atoms with van der Waals surface area (Å²) in [6.45, 7) is 0. The Morgan fingerprint density at radius 1 is 1.00 bits per heavy atom. The minimum atomic E-state index is -4.89. The summed E-state index contributed by atoms with van der Waals surface area (Å²) in [6, 6.07) is 1.80. The summed E-state index contributed by atoms with van der Waals surface area (Å²) in [5.74, 6) is 0. The lowest BCUT2D eigenvalue weighted by Gasteiger charge is -2.12. The molecule has 0 aromatic heterocycles. The van der Waals surface area contributed by atoms with Gasteiger partial charge in [-0.05, 0) is 18.2 Å². The maximum atomic E-state index is 10.6. The highest BCUT2D eigenvalue weighted by atomic mass is 32.2. The first-order chi connectivity index (χ1) is 7.16. The minimum Gasteiger partial charge on any atom is -0.744 e. The average molecular weight is 280 g/mol. The summed E-state index contributed by atoms with van der Waals surface area (Å²) in [7, 11) is -9.69. The zero-order valence-corrected chi connectivity index (χ0v) is 9.12. The highest BCUT2D eigenvalue weighted by Gasteiger charge is 2.11. The van der Waals surface area contributed by atoms with E-state index < -0.39 is 35.6 Å². The predicted octanol–water partition coefficient (Wildman–Crippen LogP) is -0.0566. The number of benzene rings is 1. The van der Waals surface area contributed by atoms with Crippen LogP contribution in [0.15, 0.2) is 28.0 Å². The van der Waals surface area contributed by atoms with E-state index in [4.69, 9.17) is 0 Å². The maximum Gasteiger partial charge on any atom is 0.151 e. The van der Waals surface area contributed by atoms with E-state index in [0.29, 0.717) is 18.2 Å². The van der Waals surface area contributed by atoms with Crippen LogP contribution in [0.4, 0.5) is 0 Å². The van der Waals surface area contributed by atoms with Gasteiger partial charge in [0.1, 0.15) is 20.2 Å². The van der Waals surface area contributed by atoms with Crippen LogP contribution in [0, 0.1) is 0 Å². The molecule has 1 aromatic carbocycles. The van der Waals surface area contributed by atoms with E-state index in [-0.39, 0.29) is 13.7 Å². The highest BCUT2D eigenvalue weighted by Crippen LogP contribution is 2.18. The van der Waals surface area contributed by atoms with E-state index in [1.54, 1.807) is 0 Å². The number of carbonyl (C=O) groups is 1. The molecule has 9 heteroatoms. The number of rotatable bonds is 3. The number of carbonyl (C=O) groups excluding carboxylic acids is 1. The molecule has 0 heterocycles. The second-order valence-corrected chi connectivity index (χ2v) is 5.45. The lowest BCUT2D eigenvalue weighted by atomic mass is 10.2. The van der Waals surface area contributed by atoms with Crippen LogP contribution in [0.25, 0.3) is 0 Å². The Morgan fingerprint density at radius 2 is 1.53 bits per heavy atom. The molecule has 0 bridgehead atoms. The minimum absolute atomic E-state index is 0. The molecule has 0 aliphatic carbocycles. The molecule has 0 unspecified atom stereocenters. The van der Waals surface area contributed by atoms with Crippen LogP contribution < -0.4 is 0 Å². The molecule has 17 heavy (non-hydrogen) atoms. The molecule has 0 fully saturated rings. The SMILES string of the molecule is C.O=Cc1cc(S(=O)(=O)[O-])ccc1S(=O)(=O)[O-]. The van der Waals surface area contributed by atoms with E-state index in [2.05, 4.69) is 0 Å². The van der Waals surface area contributed by atoms with Crippen molar-refractivity contribution in [2.75, 3.05) is 0 Å². The Morgan fingerprint density at radius 3 is 1.88 bits per heavy atom. The van der Waals surface area contributed by atoms with Gasteiger partial charge in [-0.1, -0.05) is 7.43 Å². The van der Waals surface area contributed by atoms with Crippen molar-refractivity contribution >= 4 is 26.5 Å². The van der Waals surface area contributed by atoms with Crippen LogP contribution in [0.5, 0.6) is 0 Å². The standard InChI is InChI=1S/C7H6O7S2.CH4/c8-4-5-3-6(15(9,10)11)1-2-7(5)16(12,13)14;/h1-4H,(H,9,10,11)(H,12,13,14);1H4/p-2. The Labute approximate surface area is 98.6 Å². The van der Waals surface area contributed by atoms with Crippen molar-refractivity contribution in [1.82, 2.24) is 0 Å². The topological polar surface area (TPSA) is 131 Å². The van der Waals surface area contributed by atoms with E-state index in [9.17, 15) is 30.7 Å². The van der Waals surface area contributed by atoms with E-state index >= 15 is 0 Å². The quantitative estimate of drug-likeness (QED) is 0.559. The third-order valence-electron chi connectivity index (χ3n) is 1.67. The summed E-state index contributed by atoms with van der Waals surface area (Å²) >= 11 is 0. The smallest absolute Gasteiger partial charge is 0.151 e. The number of hydrogen-bond donors (Lipinski definition) is 0. The average Bonchev–Trinajstić information content (AvgIpc) is 2.14. The van der Waals surface area contributed by atoms with Crippen LogP contribution >= 0.6 is 0 Å². The molecule has 0 aliphatic rings. The van der Waals surface area contributed by atoms with Crippen molar-refractivity contribution in [1.29, 1.82) is 0 Å². The lowest BCUT2D eigenvalue weighted by molar-refractivity contribution is 0.112. The van der Waals surface area contributed by atoms with Gasteiger partial charge >= 0.3 is 0 Å². The summed E-state index contributed by atoms with van der Waals surface area (Å²) in [4.78, 5) is 8.81. The first kappa shape index (κ1) is 15.7. The zero-order valence-electron chi connectivity index (χ0n) is 7.48. The van der Waals surface area contributed by atoms with Gasteiger partial charge in [0.2, 0.25) is 0 Å². The Balaban J connectivity index is 0.00000256. The molecule has 0 atom stereocenters. The molecule has 0 saturated carbocycles. The first-order valence-corrected chi connectivity index (χ1v) is 6.49. The maximum absolute atomic E-state index is 10.6. The van der Waals surface area contributed by atoms with Crippen molar-refractivity contribution in [3.63, 3.8) is 0 Å². The van der Waals surface area contributed by atoms with Gasteiger partial charge in [-0.2, -0.15) is 0 Å². The lowest BCUT2D eigenvalue weighted by Crippen LogP contribution is -2.06. The second-order valence-electron chi connectivity index (χ2n) is 2.73. The van der Waals surface area contributed by atoms with Gasteiger partial charge in [0.25, 0.3) is 0 Å². The van der Waals surface area contributed by atoms with E-state index in [1.807, 2.05) is 0 Å². The van der Waals surface area contributed by atoms with Crippen LogP contribution in [0.1, 0.15) is 17.8 Å². The number of hydrogen-bond acceptors (Lipinski definition) is 7. The van der Waals surface area contributed by atoms with Gasteiger partial charge in [0, 0.05) is 5.56 Å². The fourth-order valence-electron chi connectivity index (χ4n) is 1.00. The van der Waals surface area contributed by atoms with Crippen LogP contribution in [-0.2, 0) is 20.2 Å². The van der Waals surface area contributed by atoms with Crippen LogP contribution in [0.3, 0.4) is 0 Å². The second kappa shape index (κ2) is 4.92. The van der Waals surface area contributed by atoms with Crippen molar-refractivity contribution in [2.45, 2.75) is 17.2 Å². The summed E-state index contributed by atoms with van der Waals surface area (Å²) in [5.41, 5.74) is -0.660. The van der Waals surface area contributed by atoms with E-state index in [0.717, 1.165) is 0 Å². The Bertz CT molecular complexity index is 628. The third-order valence-corrected chi connectivity index (χ3v) is 3.41. The Hall–Kier alpha value is -1.29. The van der Waals surface area contributed by atoms with Crippen molar-refractivity contribution in [3.8, 4) is 0 Å². The molecule has 0 N–H and O–H groups in total. The molecular formula is C8H8O7S2-2. The molecule has 96 valence electrons. The van der Waals surface area contributed by atoms with Gasteiger partial charge < -0.3 is 9.11 Å². The predicted molar refractivity (Wildman–Crippen MR) is 54.5 cm³/mol. The summed E-state index contributed by atoms with van der Waals surface area (Å²) in [5, 5.41) is 0. The van der Waals surface area contributed by atoms with Crippen molar-refractivity contribution in [3.05, 3.63) is 23.8 Å². The van der Waals surface area contributed by atoms with Gasteiger partial charge in [-0.3, -0.25) is 4.79 Å².